The van der Waals surface area contributed by atoms with Gasteiger partial charge < -0.3 is 4.74 Å². The largest absolute Gasteiger partial charge is 0.464 e. The molecule has 0 N–H and O–H groups in total. The predicted octanol–water partition coefficient (Wildman–Crippen LogP) is 5.18. The number of hydrogen-bond acceptors (Lipinski definition) is 3. The lowest BCUT2D eigenvalue weighted by Crippen LogP contribution is -1.94. The molecule has 0 spiro atoms. The van der Waals surface area contributed by atoms with Gasteiger partial charge >= 0.3 is 0 Å². The first-order valence-corrected chi connectivity index (χ1v) is 8.16. The van der Waals surface area contributed by atoms with Crippen LogP contribution in [0.3, 0.4) is 0 Å². The number of unbranched alkanes of at least 4 members (excludes halogenated alkanes) is 3. The summed E-state index contributed by atoms with van der Waals surface area (Å²) in [6.07, 6.45) is 11.6. The molecule has 1 aromatic heterocycles. The Hall–Kier alpha value is -2.42. The van der Waals surface area contributed by atoms with Crippen LogP contribution < -0.4 is 4.74 Å². The van der Waals surface area contributed by atoms with Crippen LogP contribution in [0, 0.1) is 0 Å². The molecule has 0 saturated heterocycles. The van der Waals surface area contributed by atoms with Crippen LogP contribution in [0.5, 0.6) is 5.75 Å². The molecule has 0 aliphatic heterocycles. The lowest BCUT2D eigenvalue weighted by Gasteiger charge is -2.07. The van der Waals surface area contributed by atoms with Crippen molar-refractivity contribution in [3.8, 4) is 16.9 Å². The highest BCUT2D eigenvalue weighted by Crippen LogP contribution is 2.29. The van der Waals surface area contributed by atoms with Crippen LogP contribution in [-0.4, -0.2) is 10.8 Å². The summed E-state index contributed by atoms with van der Waals surface area (Å²) in [5.74, 6) is 0.829. The fourth-order valence-corrected chi connectivity index (χ4v) is 2.32. The molecule has 0 radical (unpaired) electrons. The zero-order valence-electron chi connectivity index (χ0n) is 13.6. The number of para-hydroxylation sites is 1. The lowest BCUT2D eigenvalue weighted by atomic mass is 10.1. The Labute approximate surface area is 138 Å². The number of rotatable bonds is 9. The van der Waals surface area contributed by atoms with Gasteiger partial charge in [-0.15, -0.1) is 0 Å². The summed E-state index contributed by atoms with van der Waals surface area (Å²) in [5.41, 5.74) is 1.95. The molecule has 23 heavy (non-hydrogen) atoms. The van der Waals surface area contributed by atoms with Crippen LogP contribution in [0.2, 0.25) is 0 Å². The average Bonchev–Trinajstić information content (AvgIpc) is 2.60. The zero-order valence-corrected chi connectivity index (χ0v) is 13.6. The maximum absolute atomic E-state index is 11.8. The minimum Gasteiger partial charge on any atom is -0.464 e. The highest BCUT2D eigenvalue weighted by molar-refractivity contribution is 5.89. The fraction of sp³-hybridized carbons (Fsp3) is 0.300. The van der Waals surface area contributed by atoms with E-state index < -0.39 is 0 Å². The SMILES string of the molecule is CCCCCCC(=O)/C=C/Oc1ccccc1-c1cccnc1. The van der Waals surface area contributed by atoms with Crippen LogP contribution >= 0.6 is 0 Å². The van der Waals surface area contributed by atoms with E-state index in [2.05, 4.69) is 11.9 Å². The lowest BCUT2D eigenvalue weighted by molar-refractivity contribution is -0.114. The minimum absolute atomic E-state index is 0.111. The van der Waals surface area contributed by atoms with Gasteiger partial charge in [0.25, 0.3) is 0 Å². The van der Waals surface area contributed by atoms with E-state index in [4.69, 9.17) is 4.74 Å². The quantitative estimate of drug-likeness (QED) is 0.364. The van der Waals surface area contributed by atoms with Crippen molar-refractivity contribution >= 4 is 5.78 Å². The van der Waals surface area contributed by atoms with Crippen molar-refractivity contribution < 1.29 is 9.53 Å². The van der Waals surface area contributed by atoms with Gasteiger partial charge in [0.15, 0.2) is 5.78 Å². The van der Waals surface area contributed by atoms with Gasteiger partial charge in [-0.25, -0.2) is 0 Å². The van der Waals surface area contributed by atoms with Crippen LogP contribution in [0.4, 0.5) is 0 Å². The third-order valence-corrected chi connectivity index (χ3v) is 3.59. The van der Waals surface area contributed by atoms with E-state index in [1.807, 2.05) is 36.4 Å². The molecule has 0 aliphatic rings. The second-order valence-electron chi connectivity index (χ2n) is 5.44. The number of ether oxygens (including phenoxy) is 1. The Morgan fingerprint density at radius 2 is 2.00 bits per heavy atom. The molecule has 1 heterocycles. The molecular formula is C20H23NO2. The second kappa shape index (κ2) is 9.57. The molecule has 0 bridgehead atoms. The van der Waals surface area contributed by atoms with E-state index in [-0.39, 0.29) is 5.78 Å². The van der Waals surface area contributed by atoms with Crippen molar-refractivity contribution in [2.45, 2.75) is 39.0 Å². The molecule has 2 rings (SSSR count). The van der Waals surface area contributed by atoms with E-state index in [9.17, 15) is 4.79 Å². The topological polar surface area (TPSA) is 39.2 Å². The number of pyridine rings is 1. The number of nitrogens with zero attached hydrogens (tertiary/aromatic N) is 1. The summed E-state index contributed by atoms with van der Waals surface area (Å²) < 4.78 is 5.66. The maximum Gasteiger partial charge on any atom is 0.158 e. The molecule has 0 aliphatic carbocycles. The number of hydrogen-bond donors (Lipinski definition) is 0. The predicted molar refractivity (Wildman–Crippen MR) is 93.2 cm³/mol. The zero-order chi connectivity index (χ0) is 16.3. The van der Waals surface area contributed by atoms with Crippen LogP contribution in [0.25, 0.3) is 11.1 Å². The average molecular weight is 309 g/mol. The Morgan fingerprint density at radius 3 is 2.78 bits per heavy atom. The van der Waals surface area contributed by atoms with Gasteiger partial charge in [-0.2, -0.15) is 0 Å². The Kier molecular flexibility index (Phi) is 7.05. The number of ketones is 1. The highest BCUT2D eigenvalue weighted by Gasteiger charge is 2.04. The number of benzene rings is 1. The molecule has 0 amide bonds. The molecule has 3 heteroatoms. The van der Waals surface area contributed by atoms with Gasteiger partial charge in [0.2, 0.25) is 0 Å². The first kappa shape index (κ1) is 16.9. The number of carbonyl (C=O) groups is 1. The van der Waals surface area contributed by atoms with Gasteiger partial charge in [0.1, 0.15) is 5.75 Å². The molecule has 1 aromatic carbocycles. The van der Waals surface area contributed by atoms with Gasteiger partial charge in [-0.1, -0.05) is 50.5 Å². The van der Waals surface area contributed by atoms with Crippen molar-refractivity contribution in [2.24, 2.45) is 0 Å². The van der Waals surface area contributed by atoms with E-state index in [0.29, 0.717) is 6.42 Å². The molecule has 0 unspecified atom stereocenters. The molecule has 0 atom stereocenters. The molecule has 2 aromatic rings. The van der Waals surface area contributed by atoms with E-state index in [1.54, 1.807) is 12.4 Å². The van der Waals surface area contributed by atoms with Crippen molar-refractivity contribution in [3.63, 3.8) is 0 Å². The third-order valence-electron chi connectivity index (χ3n) is 3.59. The van der Waals surface area contributed by atoms with Crippen molar-refractivity contribution in [1.82, 2.24) is 4.98 Å². The normalized spacial score (nSPS) is 10.8. The van der Waals surface area contributed by atoms with Crippen molar-refractivity contribution in [2.75, 3.05) is 0 Å². The molecule has 0 saturated carbocycles. The van der Waals surface area contributed by atoms with E-state index in [0.717, 1.165) is 29.7 Å². The third kappa shape index (κ3) is 5.70. The van der Waals surface area contributed by atoms with Crippen LogP contribution in [-0.2, 0) is 4.79 Å². The first-order chi connectivity index (χ1) is 11.3. The number of carbonyl (C=O) groups excluding carboxylic acids is 1. The fourth-order valence-electron chi connectivity index (χ4n) is 2.32. The Morgan fingerprint density at radius 1 is 1.13 bits per heavy atom. The Bertz CT molecular complexity index is 635. The standard InChI is InChI=1S/C20H23NO2/c1-2-3-4-5-10-18(22)13-15-23-20-12-7-6-11-19(20)17-9-8-14-21-16-17/h6-9,11-16H,2-5,10H2,1H3/b15-13+. The van der Waals surface area contributed by atoms with Crippen LogP contribution in [0.15, 0.2) is 61.1 Å². The van der Waals surface area contributed by atoms with Crippen molar-refractivity contribution in [3.05, 3.63) is 61.1 Å². The van der Waals surface area contributed by atoms with Gasteiger partial charge in [-0.05, 0) is 18.6 Å². The monoisotopic (exact) mass is 309 g/mol. The van der Waals surface area contributed by atoms with Crippen molar-refractivity contribution in [1.29, 1.82) is 0 Å². The number of allylic oxidation sites excluding steroid dienone is 1. The highest BCUT2D eigenvalue weighted by atomic mass is 16.5. The second-order valence-corrected chi connectivity index (χ2v) is 5.44. The molecule has 0 fully saturated rings. The van der Waals surface area contributed by atoms with Gasteiger partial charge in [0.05, 0.1) is 6.26 Å². The number of aromatic nitrogens is 1. The van der Waals surface area contributed by atoms with Crippen LogP contribution in [0.1, 0.15) is 39.0 Å². The maximum atomic E-state index is 11.8. The summed E-state index contributed by atoms with van der Waals surface area (Å²) in [4.78, 5) is 15.9. The van der Waals surface area contributed by atoms with Gasteiger partial charge in [0, 0.05) is 36.0 Å². The first-order valence-electron chi connectivity index (χ1n) is 8.16. The smallest absolute Gasteiger partial charge is 0.158 e. The minimum atomic E-state index is 0.111. The molecular weight excluding hydrogens is 286 g/mol. The summed E-state index contributed by atoms with van der Waals surface area (Å²) in [6.45, 7) is 2.16. The Balaban J connectivity index is 1.93. The molecule has 120 valence electrons. The summed E-state index contributed by atoms with van der Waals surface area (Å²) in [5, 5.41) is 0. The summed E-state index contributed by atoms with van der Waals surface area (Å²) in [6, 6.07) is 11.6. The van der Waals surface area contributed by atoms with E-state index in [1.165, 1.54) is 25.2 Å². The van der Waals surface area contributed by atoms with Gasteiger partial charge in [-0.3, -0.25) is 9.78 Å². The summed E-state index contributed by atoms with van der Waals surface area (Å²) in [7, 11) is 0. The van der Waals surface area contributed by atoms with E-state index >= 15 is 0 Å². The molecule has 3 nitrogen and oxygen atoms in total. The summed E-state index contributed by atoms with van der Waals surface area (Å²) >= 11 is 0.